The summed E-state index contributed by atoms with van der Waals surface area (Å²) in [6.45, 7) is 1.31. The molecule has 2 aromatic carbocycles. The number of carbonyl (C=O) groups excluding carboxylic acids is 2. The third kappa shape index (κ3) is 5.19. The highest BCUT2D eigenvalue weighted by molar-refractivity contribution is 7.85. The van der Waals surface area contributed by atoms with Crippen molar-refractivity contribution < 1.29 is 23.6 Å². The number of nitrogens with zero attached hydrogens (tertiary/aromatic N) is 4. The number of aromatic nitrogens is 2. The first kappa shape index (κ1) is 25.7. The number of ether oxygens (including phenoxy) is 1. The van der Waals surface area contributed by atoms with Crippen molar-refractivity contribution in [3.8, 4) is 5.75 Å². The lowest BCUT2D eigenvalue weighted by atomic mass is 10.1. The molecule has 3 heterocycles. The van der Waals surface area contributed by atoms with Crippen LogP contribution in [0.25, 0.3) is 0 Å². The molecule has 1 saturated heterocycles. The predicted molar refractivity (Wildman–Crippen MR) is 139 cm³/mol. The summed E-state index contributed by atoms with van der Waals surface area (Å²) >= 11 is 0. The fraction of sp³-hybridized carbons (Fsp3) is 0.333. The number of carbonyl (C=O) groups is 2. The Kier molecular flexibility index (Phi) is 7.54. The van der Waals surface area contributed by atoms with E-state index in [0.717, 1.165) is 5.56 Å². The van der Waals surface area contributed by atoms with Gasteiger partial charge in [-0.05, 0) is 30.5 Å². The van der Waals surface area contributed by atoms with Crippen molar-refractivity contribution >= 4 is 22.8 Å². The van der Waals surface area contributed by atoms with Gasteiger partial charge in [-0.15, -0.1) is 0 Å². The molecule has 10 nitrogen and oxygen atoms in total. The zero-order chi connectivity index (χ0) is 26.6. The lowest BCUT2D eigenvalue weighted by molar-refractivity contribution is 0.0697. The first-order valence-corrected chi connectivity index (χ1v) is 13.8. The predicted octanol–water partition coefficient (Wildman–Crippen LogP) is 2.69. The van der Waals surface area contributed by atoms with Crippen LogP contribution in [-0.4, -0.2) is 66.1 Å². The van der Waals surface area contributed by atoms with Gasteiger partial charge in [-0.25, -0.2) is 4.79 Å². The molecule has 0 spiro atoms. The van der Waals surface area contributed by atoms with Gasteiger partial charge in [0, 0.05) is 36.8 Å². The molecule has 2 aliphatic rings. The molecule has 1 N–H and O–H groups in total. The zero-order valence-electron chi connectivity index (χ0n) is 20.7. The molecule has 0 radical (unpaired) electrons. The summed E-state index contributed by atoms with van der Waals surface area (Å²) in [7, 11) is -1.30. The Morgan fingerprint density at radius 3 is 2.47 bits per heavy atom. The third-order valence-electron chi connectivity index (χ3n) is 6.82. The molecule has 1 aromatic heterocycles. The maximum absolute atomic E-state index is 13.4. The van der Waals surface area contributed by atoms with Gasteiger partial charge >= 0.3 is 11.7 Å². The molecule has 11 heteroatoms. The Morgan fingerprint density at radius 1 is 1.03 bits per heavy atom. The molecule has 3 aromatic rings. The molecule has 38 heavy (non-hydrogen) atoms. The second kappa shape index (κ2) is 11.2. The first-order valence-electron chi connectivity index (χ1n) is 12.5. The van der Waals surface area contributed by atoms with Crippen molar-refractivity contribution in [1.82, 2.24) is 19.4 Å². The molecule has 2 amide bonds. The lowest BCUT2D eigenvalue weighted by Crippen LogP contribution is -2.45. The number of amides is 2. The third-order valence-corrected chi connectivity index (χ3v) is 8.17. The van der Waals surface area contributed by atoms with Crippen LogP contribution in [0.4, 0.5) is 4.79 Å². The molecule has 5 rings (SSSR count). The first-order chi connectivity index (χ1) is 18.4. The molecule has 198 valence electrons. The second-order valence-electron chi connectivity index (χ2n) is 9.17. The minimum Gasteiger partial charge on any atom is -0.501 e. The summed E-state index contributed by atoms with van der Waals surface area (Å²) in [5.41, 5.74) is -0.216. The van der Waals surface area contributed by atoms with Gasteiger partial charge in [-0.1, -0.05) is 48.5 Å². The molecule has 2 atom stereocenters. The van der Waals surface area contributed by atoms with E-state index >= 15 is 0 Å². The van der Waals surface area contributed by atoms with Crippen molar-refractivity contribution in [3.63, 3.8) is 0 Å². The maximum atomic E-state index is 13.4. The fourth-order valence-electron chi connectivity index (χ4n) is 4.88. The normalized spacial score (nSPS) is 17.8. The van der Waals surface area contributed by atoms with E-state index in [1.807, 2.05) is 36.4 Å². The summed E-state index contributed by atoms with van der Waals surface area (Å²) in [5, 5.41) is 10.5. The standard InChI is InChI=1S/C27H28N4O6S/c32-23-22-26(34)29(16-17-38(36)20-10-5-2-6-11-20)14-15-31(22)24(28-25(23)33)21-12-7-13-30(21)27(35)37-18-19-8-3-1-4-9-19/h1-6,8-11,21,32H,7,12-18H2/t21-,38?/m1/s1. The average molecular weight is 537 g/mol. The van der Waals surface area contributed by atoms with Crippen LogP contribution in [0.5, 0.6) is 5.75 Å². The quantitative estimate of drug-likeness (QED) is 0.493. The molecular formula is C27H28N4O6S. The highest BCUT2D eigenvalue weighted by Crippen LogP contribution is 2.33. The van der Waals surface area contributed by atoms with E-state index in [2.05, 4.69) is 4.98 Å². The highest BCUT2D eigenvalue weighted by Gasteiger charge is 2.38. The van der Waals surface area contributed by atoms with Crippen molar-refractivity contribution in [2.24, 2.45) is 0 Å². The Morgan fingerprint density at radius 2 is 1.74 bits per heavy atom. The van der Waals surface area contributed by atoms with Crippen LogP contribution in [0.1, 0.15) is 40.8 Å². The molecule has 1 fully saturated rings. The van der Waals surface area contributed by atoms with Crippen LogP contribution in [-0.2, 0) is 28.7 Å². The number of fused-ring (bicyclic) bond motifs is 1. The van der Waals surface area contributed by atoms with E-state index in [9.17, 15) is 23.7 Å². The highest BCUT2D eigenvalue weighted by atomic mass is 32.2. The van der Waals surface area contributed by atoms with Gasteiger partial charge in [0.1, 0.15) is 12.4 Å². The number of hydrogen-bond donors (Lipinski definition) is 1. The van der Waals surface area contributed by atoms with Crippen LogP contribution < -0.4 is 5.56 Å². The average Bonchev–Trinajstić information content (AvgIpc) is 3.44. The van der Waals surface area contributed by atoms with Gasteiger partial charge in [0.2, 0.25) is 5.75 Å². The smallest absolute Gasteiger partial charge is 0.410 e. The van der Waals surface area contributed by atoms with E-state index in [1.165, 1.54) is 14.4 Å². The summed E-state index contributed by atoms with van der Waals surface area (Å²) < 4.78 is 19.7. The fourth-order valence-corrected chi connectivity index (χ4v) is 5.97. The summed E-state index contributed by atoms with van der Waals surface area (Å²) in [6.07, 6.45) is 0.702. The largest absolute Gasteiger partial charge is 0.501 e. The van der Waals surface area contributed by atoms with Crippen LogP contribution in [0.3, 0.4) is 0 Å². The van der Waals surface area contributed by atoms with E-state index < -0.39 is 40.2 Å². The van der Waals surface area contributed by atoms with E-state index in [1.54, 1.807) is 24.3 Å². The van der Waals surface area contributed by atoms with Gasteiger partial charge in [-0.2, -0.15) is 4.98 Å². The van der Waals surface area contributed by atoms with Crippen LogP contribution in [0, 0.1) is 0 Å². The SMILES string of the molecule is O=C1c2c(O)c(=O)nc([C@H]3CCCN3C(=O)OCc3ccccc3)n2CCN1CCS(=O)c1ccccc1. The van der Waals surface area contributed by atoms with E-state index in [4.69, 9.17) is 4.74 Å². The van der Waals surface area contributed by atoms with Gasteiger partial charge in [0.25, 0.3) is 5.91 Å². The van der Waals surface area contributed by atoms with Gasteiger partial charge in [0.15, 0.2) is 5.69 Å². The van der Waals surface area contributed by atoms with Crippen molar-refractivity contribution in [2.45, 2.75) is 36.9 Å². The molecule has 2 aliphatic heterocycles. The number of rotatable bonds is 7. The van der Waals surface area contributed by atoms with Crippen LogP contribution >= 0.6 is 0 Å². The molecule has 0 saturated carbocycles. The van der Waals surface area contributed by atoms with Gasteiger partial charge < -0.3 is 19.3 Å². The minimum absolute atomic E-state index is 0.113. The lowest BCUT2D eigenvalue weighted by Gasteiger charge is -2.33. The number of benzene rings is 2. The van der Waals surface area contributed by atoms with Gasteiger partial charge in [-0.3, -0.25) is 18.7 Å². The summed E-state index contributed by atoms with van der Waals surface area (Å²) in [4.78, 5) is 46.7. The molecule has 0 aliphatic carbocycles. The Hall–Kier alpha value is -3.99. The number of likely N-dealkylation sites (tertiary alicyclic amines) is 1. The topological polar surface area (TPSA) is 122 Å². The summed E-state index contributed by atoms with van der Waals surface area (Å²) in [5.74, 6) is -0.764. The molecule has 1 unspecified atom stereocenters. The second-order valence-corrected chi connectivity index (χ2v) is 10.7. The Labute approximate surface area is 221 Å². The number of aromatic hydroxyl groups is 1. The van der Waals surface area contributed by atoms with Crippen LogP contribution in [0.2, 0.25) is 0 Å². The number of hydrogen-bond acceptors (Lipinski definition) is 7. The van der Waals surface area contributed by atoms with Crippen molar-refractivity contribution in [3.05, 3.63) is 88.1 Å². The monoisotopic (exact) mass is 536 g/mol. The molecular weight excluding hydrogens is 508 g/mol. The van der Waals surface area contributed by atoms with Crippen LogP contribution in [0.15, 0.2) is 70.4 Å². The van der Waals surface area contributed by atoms with Gasteiger partial charge in [0.05, 0.1) is 16.8 Å². The van der Waals surface area contributed by atoms with Crippen molar-refractivity contribution in [1.29, 1.82) is 0 Å². The van der Waals surface area contributed by atoms with E-state index in [0.29, 0.717) is 30.8 Å². The maximum Gasteiger partial charge on any atom is 0.410 e. The summed E-state index contributed by atoms with van der Waals surface area (Å²) in [6, 6.07) is 17.7. The molecule has 0 bridgehead atoms. The van der Waals surface area contributed by atoms with E-state index in [-0.39, 0.29) is 37.0 Å². The zero-order valence-corrected chi connectivity index (χ0v) is 21.5. The Balaban J connectivity index is 1.34. The Bertz CT molecular complexity index is 1410. The minimum atomic E-state index is -1.30. The van der Waals surface area contributed by atoms with Crippen molar-refractivity contribution in [2.75, 3.05) is 25.4 Å².